The molecule has 5 N–H and O–H groups in total. The summed E-state index contributed by atoms with van der Waals surface area (Å²) in [6, 6.07) is 17.3. The third kappa shape index (κ3) is 3.14. The van der Waals surface area contributed by atoms with E-state index in [4.69, 9.17) is 5.11 Å². The minimum absolute atomic E-state index is 0.0919. The van der Waals surface area contributed by atoms with Crippen LogP contribution in [0.15, 0.2) is 66.4 Å². The van der Waals surface area contributed by atoms with Crippen LogP contribution in [0.5, 0.6) is 0 Å². The van der Waals surface area contributed by atoms with Crippen LogP contribution in [0.1, 0.15) is 41.1 Å². The van der Waals surface area contributed by atoms with Gasteiger partial charge in [0, 0.05) is 34.8 Å². The van der Waals surface area contributed by atoms with Gasteiger partial charge in [0.05, 0.1) is 12.5 Å². The number of aromatic nitrogens is 1. The number of fused-ring (bicyclic) bond motifs is 2. The molecule has 0 saturated heterocycles. The number of rotatable bonds is 5. The van der Waals surface area contributed by atoms with Crippen molar-refractivity contribution in [1.29, 1.82) is 0 Å². The van der Waals surface area contributed by atoms with Crippen molar-refractivity contribution in [3.63, 3.8) is 0 Å². The largest absolute Gasteiger partial charge is 0.393 e. The number of amides is 2. The van der Waals surface area contributed by atoms with E-state index < -0.39 is 24.5 Å². The summed E-state index contributed by atoms with van der Waals surface area (Å²) in [5.74, 6) is -1.40. The SMILES string of the molecule is CC1=C(c2ccc[nH]2)c2ccccc2C1C1C(=O)Nc2ccc(NC(=O)C(O)CO)cc21. The molecule has 1 aliphatic heterocycles. The molecular weight excluding hydrogens is 406 g/mol. The normalized spacial score (nSPS) is 20.0. The van der Waals surface area contributed by atoms with Gasteiger partial charge in [0.15, 0.2) is 6.10 Å². The van der Waals surface area contributed by atoms with Gasteiger partial charge in [-0.1, -0.05) is 29.8 Å². The minimum Gasteiger partial charge on any atom is -0.393 e. The van der Waals surface area contributed by atoms with E-state index in [-0.39, 0.29) is 11.8 Å². The number of allylic oxidation sites excluding steroid dienone is 1. The van der Waals surface area contributed by atoms with Gasteiger partial charge in [0.25, 0.3) is 5.91 Å². The molecule has 0 spiro atoms. The summed E-state index contributed by atoms with van der Waals surface area (Å²) in [6.45, 7) is 1.40. The molecule has 2 aromatic carbocycles. The number of nitrogens with one attached hydrogen (secondary N) is 3. The first kappa shape index (κ1) is 20.2. The molecule has 1 aromatic heterocycles. The lowest BCUT2D eigenvalue weighted by molar-refractivity contribution is -0.125. The minimum atomic E-state index is -1.51. The molecule has 7 heteroatoms. The van der Waals surface area contributed by atoms with Crippen LogP contribution >= 0.6 is 0 Å². The van der Waals surface area contributed by atoms with Crippen LogP contribution in [0.3, 0.4) is 0 Å². The smallest absolute Gasteiger partial charge is 0.255 e. The van der Waals surface area contributed by atoms with E-state index in [0.717, 1.165) is 33.5 Å². The van der Waals surface area contributed by atoms with Gasteiger partial charge in [-0.2, -0.15) is 0 Å². The summed E-state index contributed by atoms with van der Waals surface area (Å²) in [5.41, 5.74) is 7.37. The van der Waals surface area contributed by atoms with Crippen LogP contribution in [-0.4, -0.2) is 39.7 Å². The molecule has 3 unspecified atom stereocenters. The molecule has 0 saturated carbocycles. The molecule has 162 valence electrons. The van der Waals surface area contributed by atoms with E-state index >= 15 is 0 Å². The Bertz CT molecular complexity index is 1250. The van der Waals surface area contributed by atoms with Gasteiger partial charge in [-0.05, 0) is 53.9 Å². The van der Waals surface area contributed by atoms with Gasteiger partial charge in [-0.15, -0.1) is 0 Å². The molecule has 2 aliphatic rings. The second-order valence-electron chi connectivity index (χ2n) is 8.16. The zero-order chi connectivity index (χ0) is 22.4. The first-order chi connectivity index (χ1) is 15.5. The standard InChI is InChI=1S/C25H23N3O4/c1-13-21(19-7-4-10-26-19)15-5-2-3-6-16(15)22(13)23-17-11-14(27-24(31)20(30)12-29)8-9-18(17)28-25(23)32/h2-11,20,22-23,26,29-30H,12H2,1H3,(H,27,31)(H,28,32). The topological polar surface area (TPSA) is 114 Å². The van der Waals surface area contributed by atoms with Crippen molar-refractivity contribution in [1.82, 2.24) is 4.98 Å². The zero-order valence-electron chi connectivity index (χ0n) is 17.4. The monoisotopic (exact) mass is 429 g/mol. The van der Waals surface area contributed by atoms with E-state index in [2.05, 4.69) is 34.7 Å². The fourth-order valence-electron chi connectivity index (χ4n) is 4.87. The number of anilines is 2. The molecular formula is C25H23N3O4. The summed E-state index contributed by atoms with van der Waals surface area (Å²) >= 11 is 0. The van der Waals surface area contributed by atoms with E-state index in [9.17, 15) is 14.7 Å². The molecule has 1 aliphatic carbocycles. The van der Waals surface area contributed by atoms with Gasteiger partial charge in [-0.25, -0.2) is 0 Å². The fraction of sp³-hybridized carbons (Fsp3) is 0.200. The number of carbonyl (C=O) groups is 2. The highest BCUT2D eigenvalue weighted by atomic mass is 16.3. The van der Waals surface area contributed by atoms with Crippen molar-refractivity contribution in [2.45, 2.75) is 24.9 Å². The number of hydrogen-bond acceptors (Lipinski definition) is 4. The maximum atomic E-state index is 13.2. The van der Waals surface area contributed by atoms with Crippen LogP contribution in [-0.2, 0) is 9.59 Å². The Morgan fingerprint density at radius 2 is 1.91 bits per heavy atom. The van der Waals surface area contributed by atoms with Gasteiger partial charge in [0.2, 0.25) is 5.91 Å². The average Bonchev–Trinajstić information content (AvgIpc) is 3.49. The average molecular weight is 429 g/mol. The Kier molecular flexibility index (Phi) is 4.92. The number of hydrogen-bond donors (Lipinski definition) is 5. The summed E-state index contributed by atoms with van der Waals surface area (Å²) in [4.78, 5) is 28.5. The van der Waals surface area contributed by atoms with Crippen molar-refractivity contribution >= 4 is 28.8 Å². The van der Waals surface area contributed by atoms with Gasteiger partial charge >= 0.3 is 0 Å². The number of benzene rings is 2. The Morgan fingerprint density at radius 3 is 2.66 bits per heavy atom. The highest BCUT2D eigenvalue weighted by Gasteiger charge is 2.43. The Balaban J connectivity index is 1.58. The van der Waals surface area contributed by atoms with Gasteiger partial charge < -0.3 is 25.8 Å². The Hall–Kier alpha value is -3.68. The predicted octanol–water partition coefficient (Wildman–Crippen LogP) is 2.96. The van der Waals surface area contributed by atoms with Crippen molar-refractivity contribution in [3.8, 4) is 0 Å². The lowest BCUT2D eigenvalue weighted by Gasteiger charge is -2.21. The quantitative estimate of drug-likeness (QED) is 0.429. The van der Waals surface area contributed by atoms with Crippen LogP contribution in [0.25, 0.3) is 5.57 Å². The van der Waals surface area contributed by atoms with Gasteiger partial charge in [0.1, 0.15) is 0 Å². The number of carbonyl (C=O) groups excluding carboxylic acids is 2. The van der Waals surface area contributed by atoms with E-state index in [1.807, 2.05) is 30.5 Å². The van der Waals surface area contributed by atoms with Gasteiger partial charge in [-0.3, -0.25) is 9.59 Å². The van der Waals surface area contributed by atoms with Crippen molar-refractivity contribution in [3.05, 3.63) is 88.8 Å². The Labute approximate surface area is 184 Å². The van der Waals surface area contributed by atoms with Crippen LogP contribution in [0.4, 0.5) is 11.4 Å². The Morgan fingerprint density at radius 1 is 1.09 bits per heavy atom. The number of aliphatic hydroxyl groups excluding tert-OH is 2. The second kappa shape index (κ2) is 7.78. The summed E-state index contributed by atoms with van der Waals surface area (Å²) in [6.07, 6.45) is 0.382. The molecule has 0 bridgehead atoms. The van der Waals surface area contributed by atoms with Crippen LogP contribution in [0.2, 0.25) is 0 Å². The second-order valence-corrected chi connectivity index (χ2v) is 8.16. The molecule has 7 nitrogen and oxygen atoms in total. The molecule has 2 amide bonds. The number of aliphatic hydroxyl groups is 2. The van der Waals surface area contributed by atoms with E-state index in [1.165, 1.54) is 0 Å². The lowest BCUT2D eigenvalue weighted by Crippen LogP contribution is -2.30. The molecule has 2 heterocycles. The van der Waals surface area contributed by atoms with Crippen LogP contribution < -0.4 is 10.6 Å². The van der Waals surface area contributed by atoms with Crippen LogP contribution in [0, 0.1) is 0 Å². The molecule has 3 aromatic rings. The zero-order valence-corrected chi connectivity index (χ0v) is 17.4. The summed E-state index contributed by atoms with van der Waals surface area (Å²) < 4.78 is 0. The highest BCUT2D eigenvalue weighted by molar-refractivity contribution is 6.06. The molecule has 32 heavy (non-hydrogen) atoms. The maximum absolute atomic E-state index is 13.2. The lowest BCUT2D eigenvalue weighted by atomic mass is 9.80. The number of H-pyrrole nitrogens is 1. The summed E-state index contributed by atoms with van der Waals surface area (Å²) in [5, 5.41) is 24.2. The third-order valence-corrected chi connectivity index (χ3v) is 6.30. The molecule has 0 fully saturated rings. The fourth-order valence-corrected chi connectivity index (χ4v) is 4.87. The first-order valence-corrected chi connectivity index (χ1v) is 10.5. The highest BCUT2D eigenvalue weighted by Crippen LogP contribution is 2.53. The van der Waals surface area contributed by atoms with Crippen molar-refractivity contribution in [2.75, 3.05) is 17.2 Å². The summed E-state index contributed by atoms with van der Waals surface area (Å²) in [7, 11) is 0. The molecule has 0 radical (unpaired) electrons. The third-order valence-electron chi connectivity index (χ3n) is 6.30. The van der Waals surface area contributed by atoms with Crippen molar-refractivity contribution in [2.24, 2.45) is 0 Å². The predicted molar refractivity (Wildman–Crippen MR) is 121 cm³/mol. The molecule has 3 atom stereocenters. The van der Waals surface area contributed by atoms with Crippen molar-refractivity contribution < 1.29 is 19.8 Å². The maximum Gasteiger partial charge on any atom is 0.255 e. The van der Waals surface area contributed by atoms with E-state index in [1.54, 1.807) is 18.2 Å². The molecule has 5 rings (SSSR count). The van der Waals surface area contributed by atoms with E-state index in [0.29, 0.717) is 11.4 Å². The first-order valence-electron chi connectivity index (χ1n) is 10.5. The number of aromatic amines is 1.